The first-order chi connectivity index (χ1) is 7.21. The second-order valence-electron chi connectivity index (χ2n) is 3.68. The van der Waals surface area contributed by atoms with E-state index in [-0.39, 0.29) is 17.7 Å². The fourth-order valence-electron chi connectivity index (χ4n) is 1.02. The van der Waals surface area contributed by atoms with E-state index >= 15 is 0 Å². The van der Waals surface area contributed by atoms with Gasteiger partial charge in [0.15, 0.2) is 0 Å². The minimum absolute atomic E-state index is 0.0235. The first-order valence-corrected chi connectivity index (χ1v) is 4.66. The number of aromatic nitrogens is 2. The highest BCUT2D eigenvalue weighted by molar-refractivity contribution is 5.47. The van der Waals surface area contributed by atoms with Crippen molar-refractivity contribution in [3.05, 3.63) is 11.9 Å². The summed E-state index contributed by atoms with van der Waals surface area (Å²) in [6.07, 6.45) is -4.58. The van der Waals surface area contributed by atoms with Crippen molar-refractivity contribution in [1.29, 1.82) is 0 Å². The number of alkyl halides is 3. The molecule has 0 radical (unpaired) electrons. The minimum Gasteiger partial charge on any atom is -0.384 e. The summed E-state index contributed by atoms with van der Waals surface area (Å²) in [4.78, 5) is 8.19. The van der Waals surface area contributed by atoms with E-state index in [0.717, 1.165) is 0 Å². The molecule has 4 nitrogen and oxygen atoms in total. The highest BCUT2D eigenvalue weighted by atomic mass is 19.4. The quantitative estimate of drug-likeness (QED) is 0.849. The predicted molar refractivity (Wildman–Crippen MR) is 55.0 cm³/mol. The van der Waals surface area contributed by atoms with Crippen LogP contribution in [0.4, 0.5) is 24.8 Å². The molecule has 0 spiro atoms. The molecule has 2 N–H and O–H groups in total. The van der Waals surface area contributed by atoms with Crippen molar-refractivity contribution >= 4 is 11.6 Å². The smallest absolute Gasteiger partial charge is 0.384 e. The van der Waals surface area contributed by atoms with Gasteiger partial charge in [-0.1, -0.05) is 0 Å². The van der Waals surface area contributed by atoms with E-state index < -0.39 is 12.0 Å². The fourth-order valence-corrected chi connectivity index (χ4v) is 1.02. The van der Waals surface area contributed by atoms with Crippen molar-refractivity contribution in [2.24, 2.45) is 0 Å². The number of nitrogens with two attached hydrogens (primary N) is 1. The second kappa shape index (κ2) is 4.15. The van der Waals surface area contributed by atoms with E-state index in [2.05, 4.69) is 9.97 Å². The third-order valence-electron chi connectivity index (χ3n) is 2.12. The zero-order chi connectivity index (χ0) is 12.5. The van der Waals surface area contributed by atoms with Gasteiger partial charge in [-0.2, -0.15) is 13.2 Å². The molecule has 90 valence electrons. The summed E-state index contributed by atoms with van der Waals surface area (Å²) in [5.41, 5.74) is 5.32. The molecule has 1 aromatic rings. The standard InChI is InChI=1S/C9H13F3N4/c1-5(2)16(3)7-4-6(13)14-8(15-7)9(10,11)12/h4-5H,1-3H3,(H2,13,14,15). The van der Waals surface area contributed by atoms with Crippen molar-refractivity contribution in [2.75, 3.05) is 17.7 Å². The van der Waals surface area contributed by atoms with Gasteiger partial charge in [-0.3, -0.25) is 0 Å². The molecule has 0 unspecified atom stereocenters. The first-order valence-electron chi connectivity index (χ1n) is 4.66. The number of hydrogen-bond donors (Lipinski definition) is 1. The molecule has 1 aromatic heterocycles. The monoisotopic (exact) mass is 234 g/mol. The summed E-state index contributed by atoms with van der Waals surface area (Å²) in [7, 11) is 1.65. The molecule has 7 heteroatoms. The Labute approximate surface area is 91.3 Å². The van der Waals surface area contributed by atoms with E-state index in [4.69, 9.17) is 5.73 Å². The van der Waals surface area contributed by atoms with Crippen LogP contribution >= 0.6 is 0 Å². The minimum atomic E-state index is -4.58. The maximum atomic E-state index is 12.4. The maximum Gasteiger partial charge on any atom is 0.451 e. The van der Waals surface area contributed by atoms with Crippen molar-refractivity contribution in [1.82, 2.24) is 9.97 Å². The number of nitrogen functional groups attached to an aromatic ring is 1. The first kappa shape index (κ1) is 12.5. The van der Waals surface area contributed by atoms with Crippen LogP contribution in [0.3, 0.4) is 0 Å². The Hall–Kier alpha value is -1.53. The van der Waals surface area contributed by atoms with Gasteiger partial charge in [-0.05, 0) is 13.8 Å². The summed E-state index contributed by atoms with van der Waals surface area (Å²) in [5, 5.41) is 0. The SMILES string of the molecule is CC(C)N(C)c1cc(N)nc(C(F)(F)F)n1. The molecule has 0 fully saturated rings. The van der Waals surface area contributed by atoms with E-state index in [1.807, 2.05) is 13.8 Å². The van der Waals surface area contributed by atoms with Gasteiger partial charge in [0.2, 0.25) is 5.82 Å². The average molecular weight is 234 g/mol. The molecular formula is C9H13F3N4. The third-order valence-corrected chi connectivity index (χ3v) is 2.12. The van der Waals surface area contributed by atoms with Gasteiger partial charge >= 0.3 is 6.18 Å². The van der Waals surface area contributed by atoms with Gasteiger partial charge < -0.3 is 10.6 Å². The van der Waals surface area contributed by atoms with Crippen LogP contribution in [0.25, 0.3) is 0 Å². The van der Waals surface area contributed by atoms with Crippen LogP contribution in [0.1, 0.15) is 19.7 Å². The number of nitrogens with zero attached hydrogens (tertiary/aromatic N) is 3. The summed E-state index contributed by atoms with van der Waals surface area (Å²) in [6, 6.07) is 1.34. The van der Waals surface area contributed by atoms with Crippen molar-refractivity contribution < 1.29 is 13.2 Å². The van der Waals surface area contributed by atoms with Crippen LogP contribution in [0.15, 0.2) is 6.07 Å². The number of halogens is 3. The number of hydrogen-bond acceptors (Lipinski definition) is 4. The van der Waals surface area contributed by atoms with Gasteiger partial charge in [0.25, 0.3) is 0 Å². The summed E-state index contributed by atoms with van der Waals surface area (Å²) in [5.74, 6) is -1.24. The number of rotatable bonds is 2. The van der Waals surface area contributed by atoms with Gasteiger partial charge in [-0.15, -0.1) is 0 Å². The highest BCUT2D eigenvalue weighted by Crippen LogP contribution is 2.28. The zero-order valence-electron chi connectivity index (χ0n) is 9.21. The van der Waals surface area contributed by atoms with Gasteiger partial charge in [-0.25, -0.2) is 9.97 Å². The largest absolute Gasteiger partial charge is 0.451 e. The molecule has 0 atom stereocenters. The van der Waals surface area contributed by atoms with E-state index in [1.165, 1.54) is 6.07 Å². The Morgan fingerprint density at radius 3 is 2.31 bits per heavy atom. The molecule has 0 bridgehead atoms. The molecule has 0 aliphatic heterocycles. The second-order valence-corrected chi connectivity index (χ2v) is 3.68. The van der Waals surface area contributed by atoms with Crippen molar-refractivity contribution in [2.45, 2.75) is 26.1 Å². The number of anilines is 2. The molecule has 0 saturated carbocycles. The van der Waals surface area contributed by atoms with Crippen molar-refractivity contribution in [3.8, 4) is 0 Å². The van der Waals surface area contributed by atoms with E-state index in [0.29, 0.717) is 0 Å². The van der Waals surface area contributed by atoms with E-state index in [1.54, 1.807) is 11.9 Å². The molecule has 0 amide bonds. The maximum absolute atomic E-state index is 12.4. The highest BCUT2D eigenvalue weighted by Gasteiger charge is 2.35. The van der Waals surface area contributed by atoms with Crippen LogP contribution in [-0.4, -0.2) is 23.1 Å². The lowest BCUT2D eigenvalue weighted by Crippen LogP contribution is -2.28. The Morgan fingerprint density at radius 1 is 1.31 bits per heavy atom. The molecule has 1 rings (SSSR count). The summed E-state index contributed by atoms with van der Waals surface area (Å²) >= 11 is 0. The third kappa shape index (κ3) is 2.74. The molecule has 0 aliphatic carbocycles. The lowest BCUT2D eigenvalue weighted by Gasteiger charge is -2.23. The van der Waals surface area contributed by atoms with Crippen molar-refractivity contribution in [3.63, 3.8) is 0 Å². The molecule has 0 aromatic carbocycles. The Balaban J connectivity index is 3.18. The topological polar surface area (TPSA) is 55.0 Å². The molecule has 0 aliphatic rings. The van der Waals surface area contributed by atoms with Crippen LogP contribution in [-0.2, 0) is 6.18 Å². The lowest BCUT2D eigenvalue weighted by molar-refractivity contribution is -0.144. The lowest BCUT2D eigenvalue weighted by atomic mass is 10.3. The normalized spacial score (nSPS) is 11.9. The molecule has 1 heterocycles. The Kier molecular flexibility index (Phi) is 3.25. The van der Waals surface area contributed by atoms with Crippen LogP contribution in [0.2, 0.25) is 0 Å². The molecule has 16 heavy (non-hydrogen) atoms. The molecule has 0 saturated heterocycles. The Bertz CT molecular complexity index is 376. The van der Waals surface area contributed by atoms with Crippen LogP contribution in [0.5, 0.6) is 0 Å². The van der Waals surface area contributed by atoms with Gasteiger partial charge in [0.1, 0.15) is 11.6 Å². The van der Waals surface area contributed by atoms with E-state index in [9.17, 15) is 13.2 Å². The summed E-state index contributed by atoms with van der Waals surface area (Å²) in [6.45, 7) is 3.68. The van der Waals surface area contributed by atoms with Gasteiger partial charge in [0, 0.05) is 19.2 Å². The fraction of sp³-hybridized carbons (Fsp3) is 0.556. The summed E-state index contributed by atoms with van der Waals surface area (Å²) < 4.78 is 37.2. The van der Waals surface area contributed by atoms with Gasteiger partial charge in [0.05, 0.1) is 0 Å². The predicted octanol–water partition coefficient (Wildman–Crippen LogP) is 1.92. The van der Waals surface area contributed by atoms with Crippen LogP contribution in [0, 0.1) is 0 Å². The Morgan fingerprint density at radius 2 is 1.88 bits per heavy atom. The zero-order valence-corrected chi connectivity index (χ0v) is 9.21. The van der Waals surface area contributed by atoms with Crippen LogP contribution < -0.4 is 10.6 Å². The average Bonchev–Trinajstić information content (AvgIpc) is 2.14. The molecular weight excluding hydrogens is 221 g/mol.